The van der Waals surface area contributed by atoms with Crippen LogP contribution >= 0.6 is 15.9 Å². The van der Waals surface area contributed by atoms with Gasteiger partial charge in [0, 0.05) is 4.47 Å². The Morgan fingerprint density at radius 1 is 1.44 bits per heavy atom. The molecule has 2 nitrogen and oxygen atoms in total. The number of nitrogens with two attached hydrogens (primary N) is 1. The zero-order valence-corrected chi connectivity index (χ0v) is 12.5. The van der Waals surface area contributed by atoms with E-state index in [4.69, 9.17) is 10.5 Å². The van der Waals surface area contributed by atoms with Gasteiger partial charge in [-0.2, -0.15) is 0 Å². The summed E-state index contributed by atoms with van der Waals surface area (Å²) >= 11 is 3.51. The molecular formula is C15H22BrNO. The topological polar surface area (TPSA) is 35.2 Å². The molecule has 1 heterocycles. The summed E-state index contributed by atoms with van der Waals surface area (Å²) in [5, 5.41) is 0. The lowest BCUT2D eigenvalue weighted by Gasteiger charge is -2.19. The summed E-state index contributed by atoms with van der Waals surface area (Å²) in [6.07, 6.45) is 5.37. The SMILES string of the molecule is CC1CCC(CC(CN)Cc2cccc(Br)c2)O1. The molecule has 1 saturated heterocycles. The summed E-state index contributed by atoms with van der Waals surface area (Å²) in [4.78, 5) is 0. The third-order valence-corrected chi connectivity index (χ3v) is 4.16. The fraction of sp³-hybridized carbons (Fsp3) is 0.600. The average molecular weight is 312 g/mol. The summed E-state index contributed by atoms with van der Waals surface area (Å²) in [6, 6.07) is 8.50. The van der Waals surface area contributed by atoms with Gasteiger partial charge in [0.2, 0.25) is 0 Å². The van der Waals surface area contributed by atoms with Crippen molar-refractivity contribution in [2.24, 2.45) is 11.7 Å². The fourth-order valence-electron chi connectivity index (χ4n) is 2.69. The Morgan fingerprint density at radius 3 is 2.89 bits per heavy atom. The molecule has 1 fully saturated rings. The highest BCUT2D eigenvalue weighted by molar-refractivity contribution is 9.10. The van der Waals surface area contributed by atoms with E-state index in [1.54, 1.807) is 0 Å². The van der Waals surface area contributed by atoms with Crippen LogP contribution in [-0.4, -0.2) is 18.8 Å². The summed E-state index contributed by atoms with van der Waals surface area (Å²) in [5.41, 5.74) is 7.26. The van der Waals surface area contributed by atoms with E-state index in [0.29, 0.717) is 18.1 Å². The normalized spacial score (nSPS) is 25.3. The summed E-state index contributed by atoms with van der Waals surface area (Å²) in [5.74, 6) is 0.523. The Labute approximate surface area is 118 Å². The van der Waals surface area contributed by atoms with Crippen molar-refractivity contribution in [3.8, 4) is 0 Å². The Balaban J connectivity index is 1.89. The third kappa shape index (κ3) is 4.08. The first-order valence-electron chi connectivity index (χ1n) is 6.77. The van der Waals surface area contributed by atoms with Crippen molar-refractivity contribution in [3.05, 3.63) is 34.3 Å². The van der Waals surface area contributed by atoms with Crippen LogP contribution in [0.1, 0.15) is 31.7 Å². The van der Waals surface area contributed by atoms with Crippen molar-refractivity contribution < 1.29 is 4.74 Å². The molecule has 1 aliphatic rings. The van der Waals surface area contributed by atoms with E-state index in [-0.39, 0.29) is 0 Å². The molecule has 0 radical (unpaired) electrons. The van der Waals surface area contributed by atoms with Crippen LogP contribution in [0.5, 0.6) is 0 Å². The Morgan fingerprint density at radius 2 is 2.28 bits per heavy atom. The first-order valence-corrected chi connectivity index (χ1v) is 7.56. The molecule has 3 heteroatoms. The predicted octanol–water partition coefficient (Wildman–Crippen LogP) is 3.52. The minimum atomic E-state index is 0.417. The van der Waals surface area contributed by atoms with Gasteiger partial charge in [-0.3, -0.25) is 0 Å². The molecule has 0 saturated carbocycles. The Bertz CT molecular complexity index is 383. The number of hydrogen-bond donors (Lipinski definition) is 1. The molecule has 18 heavy (non-hydrogen) atoms. The molecule has 3 unspecified atom stereocenters. The summed E-state index contributed by atoms with van der Waals surface area (Å²) in [7, 11) is 0. The number of hydrogen-bond acceptors (Lipinski definition) is 2. The van der Waals surface area contributed by atoms with Gasteiger partial charge in [-0.15, -0.1) is 0 Å². The maximum atomic E-state index is 5.90. The zero-order chi connectivity index (χ0) is 13.0. The number of ether oxygens (including phenoxy) is 1. The van der Waals surface area contributed by atoms with Gasteiger partial charge in [-0.25, -0.2) is 0 Å². The fourth-order valence-corrected chi connectivity index (χ4v) is 3.14. The lowest BCUT2D eigenvalue weighted by atomic mass is 9.93. The van der Waals surface area contributed by atoms with Crippen LogP contribution in [0.2, 0.25) is 0 Å². The van der Waals surface area contributed by atoms with E-state index >= 15 is 0 Å². The minimum absolute atomic E-state index is 0.417. The van der Waals surface area contributed by atoms with Gasteiger partial charge in [-0.05, 0) is 62.8 Å². The van der Waals surface area contributed by atoms with Crippen LogP contribution in [0.4, 0.5) is 0 Å². The summed E-state index contributed by atoms with van der Waals surface area (Å²) < 4.78 is 7.03. The lowest BCUT2D eigenvalue weighted by molar-refractivity contribution is 0.0415. The zero-order valence-electron chi connectivity index (χ0n) is 10.9. The van der Waals surface area contributed by atoms with Crippen LogP contribution in [0, 0.1) is 5.92 Å². The van der Waals surface area contributed by atoms with Gasteiger partial charge in [0.15, 0.2) is 0 Å². The quantitative estimate of drug-likeness (QED) is 0.903. The number of rotatable bonds is 5. The van der Waals surface area contributed by atoms with Crippen LogP contribution < -0.4 is 5.73 Å². The molecular weight excluding hydrogens is 290 g/mol. The van der Waals surface area contributed by atoms with Crippen LogP contribution in [0.3, 0.4) is 0 Å². The van der Waals surface area contributed by atoms with E-state index in [9.17, 15) is 0 Å². The van der Waals surface area contributed by atoms with Crippen molar-refractivity contribution in [2.45, 2.75) is 44.8 Å². The minimum Gasteiger partial charge on any atom is -0.375 e. The highest BCUT2D eigenvalue weighted by atomic mass is 79.9. The smallest absolute Gasteiger partial charge is 0.0583 e. The molecule has 0 aliphatic carbocycles. The largest absolute Gasteiger partial charge is 0.375 e. The van der Waals surface area contributed by atoms with Gasteiger partial charge in [0.25, 0.3) is 0 Å². The second kappa shape index (κ2) is 6.69. The van der Waals surface area contributed by atoms with E-state index in [1.165, 1.54) is 18.4 Å². The van der Waals surface area contributed by atoms with E-state index in [2.05, 4.69) is 47.1 Å². The molecule has 1 aromatic rings. The molecule has 0 bridgehead atoms. The molecule has 1 aliphatic heterocycles. The highest BCUT2D eigenvalue weighted by Gasteiger charge is 2.24. The third-order valence-electron chi connectivity index (χ3n) is 3.66. The van der Waals surface area contributed by atoms with Gasteiger partial charge in [-0.1, -0.05) is 28.1 Å². The predicted molar refractivity (Wildman–Crippen MR) is 78.6 cm³/mol. The van der Waals surface area contributed by atoms with Gasteiger partial charge in [0.05, 0.1) is 12.2 Å². The maximum Gasteiger partial charge on any atom is 0.0583 e. The van der Waals surface area contributed by atoms with Crippen LogP contribution in [0.15, 0.2) is 28.7 Å². The second-order valence-electron chi connectivity index (χ2n) is 5.32. The maximum absolute atomic E-state index is 5.90. The van der Waals surface area contributed by atoms with Gasteiger partial charge < -0.3 is 10.5 Å². The van der Waals surface area contributed by atoms with Crippen molar-refractivity contribution in [3.63, 3.8) is 0 Å². The molecule has 2 N–H and O–H groups in total. The first-order chi connectivity index (χ1) is 8.67. The van der Waals surface area contributed by atoms with Crippen molar-refractivity contribution in [1.82, 2.24) is 0 Å². The molecule has 100 valence electrons. The van der Waals surface area contributed by atoms with Crippen molar-refractivity contribution in [2.75, 3.05) is 6.54 Å². The molecule has 1 aromatic carbocycles. The van der Waals surface area contributed by atoms with E-state index in [1.807, 2.05) is 0 Å². The standard InChI is InChI=1S/C15H22BrNO/c1-11-5-6-15(18-11)9-13(10-17)7-12-3-2-4-14(16)8-12/h2-4,8,11,13,15H,5-7,9-10,17H2,1H3. The lowest BCUT2D eigenvalue weighted by Crippen LogP contribution is -2.23. The molecule has 3 atom stereocenters. The van der Waals surface area contributed by atoms with Gasteiger partial charge >= 0.3 is 0 Å². The Kier molecular flexibility index (Phi) is 5.22. The molecule has 0 aromatic heterocycles. The average Bonchev–Trinajstić information content (AvgIpc) is 2.74. The molecule has 2 rings (SSSR count). The first kappa shape index (κ1) is 14.0. The van der Waals surface area contributed by atoms with E-state index in [0.717, 1.165) is 23.9 Å². The highest BCUT2D eigenvalue weighted by Crippen LogP contribution is 2.26. The van der Waals surface area contributed by atoms with Crippen LogP contribution in [0.25, 0.3) is 0 Å². The van der Waals surface area contributed by atoms with Crippen molar-refractivity contribution >= 4 is 15.9 Å². The van der Waals surface area contributed by atoms with Crippen molar-refractivity contribution in [1.29, 1.82) is 0 Å². The van der Waals surface area contributed by atoms with Gasteiger partial charge in [0.1, 0.15) is 0 Å². The second-order valence-corrected chi connectivity index (χ2v) is 6.23. The monoisotopic (exact) mass is 311 g/mol. The van der Waals surface area contributed by atoms with E-state index < -0.39 is 0 Å². The molecule has 0 spiro atoms. The summed E-state index contributed by atoms with van der Waals surface area (Å²) in [6.45, 7) is 2.90. The molecule has 0 amide bonds. The van der Waals surface area contributed by atoms with Crippen LogP contribution in [-0.2, 0) is 11.2 Å². The number of benzene rings is 1. The Hall–Kier alpha value is -0.380. The number of halogens is 1.